The highest BCUT2D eigenvalue weighted by Gasteiger charge is 2.25. The molecule has 1 aliphatic carbocycles. The van der Waals surface area contributed by atoms with Gasteiger partial charge < -0.3 is 10.2 Å². The van der Waals surface area contributed by atoms with E-state index in [9.17, 15) is 0 Å². The topological polar surface area (TPSA) is 15.3 Å². The van der Waals surface area contributed by atoms with Gasteiger partial charge in [-0.1, -0.05) is 30.3 Å². The number of hydrogen-bond acceptors (Lipinski definition) is 2. The molecule has 0 bridgehead atoms. The Morgan fingerprint density at radius 2 is 1.94 bits per heavy atom. The minimum Gasteiger partial charge on any atom is -0.310 e. The molecular formula is C14H22N2. The van der Waals surface area contributed by atoms with Gasteiger partial charge in [-0.2, -0.15) is 0 Å². The maximum absolute atomic E-state index is 3.66. The van der Waals surface area contributed by atoms with Gasteiger partial charge in [-0.05, 0) is 38.9 Å². The molecule has 1 aromatic rings. The van der Waals surface area contributed by atoms with Gasteiger partial charge in [0.15, 0.2) is 0 Å². The first kappa shape index (κ1) is 11.6. The average molecular weight is 218 g/mol. The smallest absolute Gasteiger partial charge is 0.0208 e. The lowest BCUT2D eigenvalue weighted by atomic mass is 10.2. The quantitative estimate of drug-likeness (QED) is 0.834. The van der Waals surface area contributed by atoms with Crippen molar-refractivity contribution in [3.63, 3.8) is 0 Å². The first-order valence-electron chi connectivity index (χ1n) is 6.19. The Labute approximate surface area is 98.7 Å². The minimum atomic E-state index is 0.701. The van der Waals surface area contributed by atoms with Gasteiger partial charge in [0.05, 0.1) is 0 Å². The third kappa shape index (κ3) is 3.06. The van der Waals surface area contributed by atoms with Crippen LogP contribution in [0.15, 0.2) is 30.3 Å². The van der Waals surface area contributed by atoms with E-state index in [4.69, 9.17) is 0 Å². The normalized spacial score (nSPS) is 25.2. The third-order valence-electron chi connectivity index (χ3n) is 3.57. The van der Waals surface area contributed by atoms with Crippen LogP contribution in [0, 0.1) is 0 Å². The summed E-state index contributed by atoms with van der Waals surface area (Å²) in [5, 5.41) is 3.66. The van der Waals surface area contributed by atoms with Crippen molar-refractivity contribution in [3.8, 4) is 0 Å². The van der Waals surface area contributed by atoms with Crippen LogP contribution in [0.1, 0.15) is 24.8 Å². The van der Waals surface area contributed by atoms with Crippen LogP contribution in [0.25, 0.3) is 0 Å². The second-order valence-electron chi connectivity index (χ2n) is 4.99. The highest BCUT2D eigenvalue weighted by Crippen LogP contribution is 2.22. The lowest BCUT2D eigenvalue weighted by Gasteiger charge is -2.19. The van der Waals surface area contributed by atoms with Crippen LogP contribution in [-0.2, 0) is 6.54 Å². The van der Waals surface area contributed by atoms with Crippen molar-refractivity contribution in [2.24, 2.45) is 0 Å². The summed E-state index contributed by atoms with van der Waals surface area (Å²) in [7, 11) is 4.37. The molecule has 0 aliphatic heterocycles. The monoisotopic (exact) mass is 218 g/mol. The third-order valence-corrected chi connectivity index (χ3v) is 3.57. The predicted octanol–water partition coefficient (Wildman–Crippen LogP) is 2.26. The van der Waals surface area contributed by atoms with Gasteiger partial charge in [0.25, 0.3) is 0 Å². The molecule has 2 atom stereocenters. The zero-order valence-corrected chi connectivity index (χ0v) is 10.3. The molecule has 1 aliphatic rings. The van der Waals surface area contributed by atoms with Crippen LogP contribution in [0.4, 0.5) is 0 Å². The summed E-state index contributed by atoms with van der Waals surface area (Å²) in [4.78, 5) is 2.35. The summed E-state index contributed by atoms with van der Waals surface area (Å²) in [5.41, 5.74) is 1.39. The highest BCUT2D eigenvalue weighted by molar-refractivity contribution is 5.14. The second-order valence-corrected chi connectivity index (χ2v) is 4.99. The SMILES string of the molecule is CN(C)[C@H]1CC[C@@H](NCc2ccccc2)C1. The van der Waals surface area contributed by atoms with Crippen LogP contribution in [0.3, 0.4) is 0 Å². The van der Waals surface area contributed by atoms with Crippen molar-refractivity contribution < 1.29 is 0 Å². The molecule has 2 nitrogen and oxygen atoms in total. The summed E-state index contributed by atoms with van der Waals surface area (Å²) in [6, 6.07) is 12.1. The molecule has 1 N–H and O–H groups in total. The Hall–Kier alpha value is -0.860. The summed E-state index contributed by atoms with van der Waals surface area (Å²) in [6.07, 6.45) is 3.94. The number of rotatable bonds is 4. The van der Waals surface area contributed by atoms with E-state index in [0.29, 0.717) is 6.04 Å². The minimum absolute atomic E-state index is 0.701. The van der Waals surface area contributed by atoms with E-state index in [1.807, 2.05) is 0 Å². The summed E-state index contributed by atoms with van der Waals surface area (Å²) in [5.74, 6) is 0. The largest absolute Gasteiger partial charge is 0.310 e. The first-order valence-corrected chi connectivity index (χ1v) is 6.19. The van der Waals surface area contributed by atoms with Gasteiger partial charge in [0, 0.05) is 18.6 Å². The van der Waals surface area contributed by atoms with Crippen molar-refractivity contribution in [2.75, 3.05) is 14.1 Å². The molecule has 2 rings (SSSR count). The molecular weight excluding hydrogens is 196 g/mol. The van der Waals surface area contributed by atoms with Crippen LogP contribution in [0.2, 0.25) is 0 Å². The molecule has 1 saturated carbocycles. The summed E-state index contributed by atoms with van der Waals surface area (Å²) >= 11 is 0. The fourth-order valence-corrected chi connectivity index (χ4v) is 2.47. The second kappa shape index (κ2) is 5.46. The van der Waals surface area contributed by atoms with E-state index in [1.165, 1.54) is 24.8 Å². The fourth-order valence-electron chi connectivity index (χ4n) is 2.47. The number of hydrogen-bond donors (Lipinski definition) is 1. The van der Waals surface area contributed by atoms with E-state index in [2.05, 4.69) is 54.6 Å². The maximum atomic E-state index is 3.66. The Morgan fingerprint density at radius 1 is 1.19 bits per heavy atom. The molecule has 0 aromatic heterocycles. The van der Waals surface area contributed by atoms with Gasteiger partial charge in [0.2, 0.25) is 0 Å². The zero-order chi connectivity index (χ0) is 11.4. The molecule has 0 saturated heterocycles. The van der Waals surface area contributed by atoms with Crippen molar-refractivity contribution in [3.05, 3.63) is 35.9 Å². The highest BCUT2D eigenvalue weighted by atomic mass is 15.1. The molecule has 0 unspecified atom stereocenters. The Morgan fingerprint density at radius 3 is 2.56 bits per heavy atom. The molecule has 88 valence electrons. The first-order chi connectivity index (χ1) is 7.75. The van der Waals surface area contributed by atoms with Crippen molar-refractivity contribution in [1.82, 2.24) is 10.2 Å². The number of benzene rings is 1. The molecule has 1 fully saturated rings. The molecule has 2 heteroatoms. The van der Waals surface area contributed by atoms with Gasteiger partial charge >= 0.3 is 0 Å². The van der Waals surface area contributed by atoms with Crippen molar-refractivity contribution in [2.45, 2.75) is 37.9 Å². The van der Waals surface area contributed by atoms with E-state index in [1.54, 1.807) is 0 Å². The number of nitrogens with zero attached hydrogens (tertiary/aromatic N) is 1. The number of nitrogens with one attached hydrogen (secondary N) is 1. The Bertz CT molecular complexity index is 308. The maximum Gasteiger partial charge on any atom is 0.0208 e. The molecule has 1 aromatic carbocycles. The van der Waals surface area contributed by atoms with Gasteiger partial charge in [-0.3, -0.25) is 0 Å². The molecule has 0 spiro atoms. The standard InChI is InChI=1S/C14H22N2/c1-16(2)14-9-8-13(10-14)15-11-12-6-4-3-5-7-12/h3-7,13-15H,8-11H2,1-2H3/t13-,14+/m1/s1. The molecule has 0 radical (unpaired) electrons. The van der Waals surface area contributed by atoms with Gasteiger partial charge in [0.1, 0.15) is 0 Å². The van der Waals surface area contributed by atoms with Crippen LogP contribution >= 0.6 is 0 Å². The lowest BCUT2D eigenvalue weighted by molar-refractivity contribution is 0.293. The summed E-state index contributed by atoms with van der Waals surface area (Å²) in [6.45, 7) is 1.01. The Balaban J connectivity index is 1.76. The lowest BCUT2D eigenvalue weighted by Crippen LogP contribution is -2.30. The predicted molar refractivity (Wildman–Crippen MR) is 68.4 cm³/mol. The fraction of sp³-hybridized carbons (Fsp3) is 0.571. The average Bonchev–Trinajstić information content (AvgIpc) is 2.76. The van der Waals surface area contributed by atoms with E-state index in [0.717, 1.165) is 12.6 Å². The van der Waals surface area contributed by atoms with Crippen LogP contribution in [-0.4, -0.2) is 31.1 Å². The van der Waals surface area contributed by atoms with Crippen LogP contribution < -0.4 is 5.32 Å². The van der Waals surface area contributed by atoms with Gasteiger partial charge in [-0.15, -0.1) is 0 Å². The van der Waals surface area contributed by atoms with E-state index < -0.39 is 0 Å². The van der Waals surface area contributed by atoms with Crippen molar-refractivity contribution in [1.29, 1.82) is 0 Å². The Kier molecular flexibility index (Phi) is 3.97. The van der Waals surface area contributed by atoms with E-state index in [-0.39, 0.29) is 0 Å². The molecule has 0 amide bonds. The van der Waals surface area contributed by atoms with Gasteiger partial charge in [-0.25, -0.2) is 0 Å². The molecule has 16 heavy (non-hydrogen) atoms. The zero-order valence-electron chi connectivity index (χ0n) is 10.3. The van der Waals surface area contributed by atoms with Crippen molar-refractivity contribution >= 4 is 0 Å². The molecule has 0 heterocycles. The summed E-state index contributed by atoms with van der Waals surface area (Å²) < 4.78 is 0. The van der Waals surface area contributed by atoms with Crippen LogP contribution in [0.5, 0.6) is 0 Å². The van der Waals surface area contributed by atoms with E-state index >= 15 is 0 Å².